The predicted octanol–water partition coefficient (Wildman–Crippen LogP) is 3.39. The molecule has 2 N–H and O–H groups in total. The topological polar surface area (TPSA) is 72.0 Å². The van der Waals surface area contributed by atoms with E-state index < -0.39 is 6.03 Å². The molecule has 0 aromatic heterocycles. The lowest BCUT2D eigenvalue weighted by molar-refractivity contribution is 0.252. The van der Waals surface area contributed by atoms with Crippen LogP contribution in [0, 0.1) is 0 Å². The van der Waals surface area contributed by atoms with Crippen LogP contribution in [0.2, 0.25) is 0 Å². The van der Waals surface area contributed by atoms with Gasteiger partial charge in [-0.2, -0.15) is 5.10 Å². The number of ether oxygens (including phenoxy) is 2. The van der Waals surface area contributed by atoms with Gasteiger partial charge in [-0.25, -0.2) is 10.2 Å². The number of rotatable bonds is 3. The minimum atomic E-state index is -0.394. The van der Waals surface area contributed by atoms with E-state index in [1.54, 1.807) is 12.1 Å². The number of hydrazone groups is 1. The number of benzene rings is 2. The number of carbonyl (C=O) groups excluding carboxylic acids is 1. The fourth-order valence-electron chi connectivity index (χ4n) is 2.27. The van der Waals surface area contributed by atoms with E-state index in [9.17, 15) is 4.79 Å². The molecule has 0 saturated heterocycles. The first-order chi connectivity index (χ1) is 11.7. The second-order valence-corrected chi connectivity index (χ2v) is 5.34. The Labute approximate surface area is 140 Å². The van der Waals surface area contributed by atoms with Gasteiger partial charge in [0.25, 0.3) is 0 Å². The number of hydrogen-bond acceptors (Lipinski definition) is 4. The Bertz CT molecular complexity index is 744. The Morgan fingerprint density at radius 3 is 2.58 bits per heavy atom. The maximum atomic E-state index is 11.9. The number of carbonyl (C=O) groups is 1. The van der Waals surface area contributed by atoms with E-state index >= 15 is 0 Å². The van der Waals surface area contributed by atoms with Crippen LogP contribution in [0.3, 0.4) is 0 Å². The summed E-state index contributed by atoms with van der Waals surface area (Å²) in [6, 6.07) is 14.4. The summed E-state index contributed by atoms with van der Waals surface area (Å²) < 4.78 is 11.3. The van der Waals surface area contributed by atoms with E-state index in [0.29, 0.717) is 30.4 Å². The molecule has 1 heterocycles. The summed E-state index contributed by atoms with van der Waals surface area (Å²) >= 11 is 0. The minimum Gasteiger partial charge on any atom is -0.490 e. The standard InChI is InChI=1S/C18H19N3O3/c1-13(20-21-18(22)19-15-6-3-2-4-7-15)14-8-9-16-17(12-14)24-11-5-10-23-16/h2-4,6-9,12H,5,10-11H2,1H3,(H2,19,21,22)/b20-13-. The number of fused-ring (bicyclic) bond motifs is 1. The van der Waals surface area contributed by atoms with Gasteiger partial charge in [-0.3, -0.25) is 0 Å². The van der Waals surface area contributed by atoms with E-state index in [1.807, 2.05) is 43.3 Å². The average molecular weight is 325 g/mol. The van der Waals surface area contributed by atoms with E-state index in [1.165, 1.54) is 0 Å². The van der Waals surface area contributed by atoms with Crippen molar-refractivity contribution in [3.05, 3.63) is 54.1 Å². The molecule has 24 heavy (non-hydrogen) atoms. The SMILES string of the molecule is C/C(=N/NC(=O)Nc1ccccc1)c1ccc2c(c1)OCCCO2. The minimum absolute atomic E-state index is 0.394. The number of urea groups is 1. The molecule has 0 spiro atoms. The van der Waals surface area contributed by atoms with Gasteiger partial charge < -0.3 is 14.8 Å². The molecule has 0 saturated carbocycles. The van der Waals surface area contributed by atoms with E-state index in [4.69, 9.17) is 9.47 Å². The number of anilines is 1. The van der Waals surface area contributed by atoms with Crippen molar-refractivity contribution in [2.45, 2.75) is 13.3 Å². The zero-order chi connectivity index (χ0) is 16.8. The number of amides is 2. The molecule has 0 unspecified atom stereocenters. The lowest BCUT2D eigenvalue weighted by Gasteiger charge is -2.09. The molecule has 124 valence electrons. The number of hydrogen-bond donors (Lipinski definition) is 2. The smallest absolute Gasteiger partial charge is 0.339 e. The monoisotopic (exact) mass is 325 g/mol. The molecule has 1 aliphatic heterocycles. The van der Waals surface area contributed by atoms with Gasteiger partial charge in [-0.05, 0) is 37.3 Å². The maximum absolute atomic E-state index is 11.9. The van der Waals surface area contributed by atoms with Crippen molar-refractivity contribution in [2.24, 2.45) is 5.10 Å². The molecule has 6 nitrogen and oxygen atoms in total. The van der Waals surface area contributed by atoms with Crippen molar-refractivity contribution in [2.75, 3.05) is 18.5 Å². The van der Waals surface area contributed by atoms with Crippen molar-refractivity contribution in [3.8, 4) is 11.5 Å². The maximum Gasteiger partial charge on any atom is 0.339 e. The summed E-state index contributed by atoms with van der Waals surface area (Å²) in [6.45, 7) is 3.10. The van der Waals surface area contributed by atoms with Crippen molar-refractivity contribution in [1.82, 2.24) is 5.43 Å². The van der Waals surface area contributed by atoms with Crippen molar-refractivity contribution < 1.29 is 14.3 Å². The first-order valence-electron chi connectivity index (χ1n) is 7.79. The van der Waals surface area contributed by atoms with E-state index in [0.717, 1.165) is 17.7 Å². The second kappa shape index (κ2) is 7.50. The first kappa shape index (κ1) is 15.9. The summed E-state index contributed by atoms with van der Waals surface area (Å²) in [5.41, 5.74) is 4.73. The lowest BCUT2D eigenvalue weighted by atomic mass is 10.1. The fourth-order valence-corrected chi connectivity index (χ4v) is 2.27. The van der Waals surface area contributed by atoms with Crippen LogP contribution >= 0.6 is 0 Å². The summed E-state index contributed by atoms with van der Waals surface area (Å²) in [5, 5.41) is 6.83. The van der Waals surface area contributed by atoms with Gasteiger partial charge in [0.15, 0.2) is 11.5 Å². The van der Waals surface area contributed by atoms with Crippen LogP contribution in [-0.4, -0.2) is 25.0 Å². The molecule has 0 aliphatic carbocycles. The van der Waals surface area contributed by atoms with Crippen LogP contribution < -0.4 is 20.2 Å². The van der Waals surface area contributed by atoms with Crippen LogP contribution in [0.25, 0.3) is 0 Å². The molecular formula is C18H19N3O3. The second-order valence-electron chi connectivity index (χ2n) is 5.34. The highest BCUT2D eigenvalue weighted by Crippen LogP contribution is 2.30. The molecule has 2 aromatic rings. The average Bonchev–Trinajstić information content (AvgIpc) is 2.85. The van der Waals surface area contributed by atoms with Crippen molar-refractivity contribution in [1.29, 1.82) is 0 Å². The molecule has 0 bridgehead atoms. The number of nitrogens with zero attached hydrogens (tertiary/aromatic N) is 1. The molecule has 1 aliphatic rings. The van der Waals surface area contributed by atoms with Crippen LogP contribution in [-0.2, 0) is 0 Å². The Morgan fingerprint density at radius 2 is 1.79 bits per heavy atom. The zero-order valence-corrected chi connectivity index (χ0v) is 13.4. The van der Waals surface area contributed by atoms with Gasteiger partial charge in [0.1, 0.15) is 0 Å². The summed E-state index contributed by atoms with van der Waals surface area (Å²) in [7, 11) is 0. The third-order valence-electron chi connectivity index (χ3n) is 3.52. The van der Waals surface area contributed by atoms with Gasteiger partial charge in [0.2, 0.25) is 0 Å². The molecule has 0 fully saturated rings. The molecule has 6 heteroatoms. The van der Waals surface area contributed by atoms with Crippen LogP contribution in [0.15, 0.2) is 53.6 Å². The first-order valence-corrected chi connectivity index (χ1v) is 7.79. The Morgan fingerprint density at radius 1 is 1.04 bits per heavy atom. The summed E-state index contributed by atoms with van der Waals surface area (Å²) in [4.78, 5) is 11.9. The van der Waals surface area contributed by atoms with Crippen LogP contribution in [0.5, 0.6) is 11.5 Å². The third-order valence-corrected chi connectivity index (χ3v) is 3.52. The van der Waals surface area contributed by atoms with Gasteiger partial charge in [-0.1, -0.05) is 18.2 Å². The van der Waals surface area contributed by atoms with Crippen molar-refractivity contribution >= 4 is 17.4 Å². The molecule has 2 aromatic carbocycles. The third kappa shape index (κ3) is 4.04. The largest absolute Gasteiger partial charge is 0.490 e. The van der Waals surface area contributed by atoms with E-state index in [-0.39, 0.29) is 0 Å². The molecule has 2 amide bonds. The highest BCUT2D eigenvalue weighted by atomic mass is 16.5. The Hall–Kier alpha value is -3.02. The summed E-state index contributed by atoms with van der Waals surface area (Å²) in [6.07, 6.45) is 0.859. The molecule has 0 atom stereocenters. The van der Waals surface area contributed by atoms with Gasteiger partial charge in [0.05, 0.1) is 18.9 Å². The Kier molecular flexibility index (Phi) is 4.96. The van der Waals surface area contributed by atoms with Gasteiger partial charge in [0, 0.05) is 17.7 Å². The quantitative estimate of drug-likeness (QED) is 0.671. The van der Waals surface area contributed by atoms with Crippen LogP contribution in [0.4, 0.5) is 10.5 Å². The highest BCUT2D eigenvalue weighted by molar-refractivity contribution is 6.00. The predicted molar refractivity (Wildman–Crippen MR) is 92.9 cm³/mol. The summed E-state index contributed by atoms with van der Waals surface area (Å²) in [5.74, 6) is 1.44. The molecule has 0 radical (unpaired) electrons. The molecule has 3 rings (SSSR count). The molecular weight excluding hydrogens is 306 g/mol. The van der Waals surface area contributed by atoms with Gasteiger partial charge >= 0.3 is 6.03 Å². The highest BCUT2D eigenvalue weighted by Gasteiger charge is 2.11. The number of nitrogens with one attached hydrogen (secondary N) is 2. The Balaban J connectivity index is 1.65. The van der Waals surface area contributed by atoms with Crippen molar-refractivity contribution in [3.63, 3.8) is 0 Å². The fraction of sp³-hybridized carbons (Fsp3) is 0.222. The van der Waals surface area contributed by atoms with E-state index in [2.05, 4.69) is 15.8 Å². The zero-order valence-electron chi connectivity index (χ0n) is 13.4. The number of para-hydroxylation sites is 1. The normalized spacial score (nSPS) is 13.8. The van der Waals surface area contributed by atoms with Gasteiger partial charge in [-0.15, -0.1) is 0 Å². The lowest BCUT2D eigenvalue weighted by Crippen LogP contribution is -2.25. The van der Waals surface area contributed by atoms with Crippen LogP contribution in [0.1, 0.15) is 18.9 Å².